The molecule has 0 spiro atoms. The number of nitrogen functional groups attached to an aromatic ring is 1. The maximum atomic E-state index is 13.2. The van der Waals surface area contributed by atoms with Crippen molar-refractivity contribution in [1.82, 2.24) is 39.9 Å². The fourth-order valence-electron chi connectivity index (χ4n) is 6.71. The first-order chi connectivity index (χ1) is 31.3. The van der Waals surface area contributed by atoms with E-state index < -0.39 is 41.4 Å². The Labute approximate surface area is 383 Å². The van der Waals surface area contributed by atoms with Gasteiger partial charge >= 0.3 is 12.2 Å². The molecule has 2 saturated carbocycles. The molecule has 6 rings (SSSR count). The molecule has 0 unspecified atom stereocenters. The van der Waals surface area contributed by atoms with E-state index in [2.05, 4.69) is 39.9 Å². The van der Waals surface area contributed by atoms with E-state index in [1.807, 2.05) is 0 Å². The summed E-state index contributed by atoms with van der Waals surface area (Å²) >= 11 is 0. The minimum absolute atomic E-state index is 0.00920. The number of amides is 2. The molecule has 66 heavy (non-hydrogen) atoms. The van der Waals surface area contributed by atoms with Crippen molar-refractivity contribution in [2.45, 2.75) is 155 Å². The average Bonchev–Trinajstić information content (AvgIpc) is 3.26. The summed E-state index contributed by atoms with van der Waals surface area (Å²) in [4.78, 5) is 86.7. The molecular weight excluding hydrogens is 861 g/mol. The number of anilines is 2. The average molecular weight is 923 g/mol. The van der Waals surface area contributed by atoms with Gasteiger partial charge in [0.2, 0.25) is 35.2 Å². The molecule has 4 aromatic heterocycles. The second-order valence-corrected chi connectivity index (χ2v) is 17.8. The van der Waals surface area contributed by atoms with E-state index >= 15 is 0 Å². The number of hydrogen-bond acceptors (Lipinski definition) is 21. The Morgan fingerprint density at radius 2 is 1.03 bits per heavy atom. The molecule has 0 aliphatic heterocycles. The lowest BCUT2D eigenvalue weighted by atomic mass is 9.98. The van der Waals surface area contributed by atoms with Crippen molar-refractivity contribution < 1.29 is 57.1 Å². The molecule has 2 atom stereocenters. The van der Waals surface area contributed by atoms with E-state index in [0.29, 0.717) is 16.1 Å². The predicted octanol–water partition coefficient (Wildman–Crippen LogP) is 6.90. The fraction of sp³-hybridized carbons (Fsp3) is 0.636. The SMILES string of the molecule is COCO[C@@H](C)C(=O)c1cnc2nc(N(C(=O)OC(C)(C)C)C(=O)OC(C)(C)C)nc(OC3CCCCC3)c2n1.COCO[C@@H](C)C(=O)c1cnc2nc(N)nc(OC3CCCCC3)c2n1. The van der Waals surface area contributed by atoms with Crippen LogP contribution in [0.1, 0.15) is 141 Å². The van der Waals surface area contributed by atoms with Crippen LogP contribution in [0.2, 0.25) is 0 Å². The molecule has 0 saturated heterocycles. The Kier molecular flexibility index (Phi) is 17.9. The minimum Gasteiger partial charge on any atom is -0.473 e. The van der Waals surface area contributed by atoms with Crippen LogP contribution in [-0.2, 0) is 28.4 Å². The van der Waals surface area contributed by atoms with Gasteiger partial charge < -0.3 is 43.6 Å². The van der Waals surface area contributed by atoms with E-state index in [1.54, 1.807) is 55.4 Å². The van der Waals surface area contributed by atoms with Crippen molar-refractivity contribution in [1.29, 1.82) is 0 Å². The third kappa shape index (κ3) is 14.6. The number of Topliss-reactive ketones (excluding diaryl/α,β-unsaturated/α-hetero) is 2. The highest BCUT2D eigenvalue weighted by atomic mass is 16.7. The largest absolute Gasteiger partial charge is 0.473 e. The Morgan fingerprint density at radius 3 is 1.44 bits per heavy atom. The van der Waals surface area contributed by atoms with Gasteiger partial charge in [-0.15, -0.1) is 4.90 Å². The van der Waals surface area contributed by atoms with Gasteiger partial charge in [-0.05, 0) is 107 Å². The maximum absolute atomic E-state index is 13.2. The third-order valence-corrected chi connectivity index (χ3v) is 9.88. The zero-order valence-electron chi connectivity index (χ0n) is 39.5. The lowest BCUT2D eigenvalue weighted by molar-refractivity contribution is -0.0543. The molecule has 2 N–H and O–H groups in total. The van der Waals surface area contributed by atoms with Gasteiger partial charge in [0.15, 0.2) is 22.3 Å². The number of hydrogen-bond donors (Lipinski definition) is 1. The zero-order valence-corrected chi connectivity index (χ0v) is 39.5. The van der Waals surface area contributed by atoms with Crippen LogP contribution in [0.15, 0.2) is 12.4 Å². The molecule has 2 amide bonds. The lowest BCUT2D eigenvalue weighted by Crippen LogP contribution is -2.44. The molecular formula is C44H62N10O12. The van der Waals surface area contributed by atoms with Crippen LogP contribution in [0.5, 0.6) is 11.8 Å². The van der Waals surface area contributed by atoms with E-state index in [0.717, 1.165) is 57.8 Å². The number of aromatic nitrogens is 8. The van der Waals surface area contributed by atoms with Gasteiger partial charge in [0.1, 0.15) is 60.6 Å². The monoisotopic (exact) mass is 922 g/mol. The fourth-order valence-corrected chi connectivity index (χ4v) is 6.71. The zero-order chi connectivity index (χ0) is 48.2. The number of methoxy groups -OCH3 is 2. The Hall–Kier alpha value is -5.84. The third-order valence-electron chi connectivity index (χ3n) is 9.88. The topological polar surface area (TPSA) is 274 Å². The van der Waals surface area contributed by atoms with Crippen LogP contribution in [0.4, 0.5) is 21.5 Å². The van der Waals surface area contributed by atoms with Crippen molar-refractivity contribution in [3.63, 3.8) is 0 Å². The summed E-state index contributed by atoms with van der Waals surface area (Å²) in [6.45, 7) is 13.1. The number of fused-ring (bicyclic) bond motifs is 2. The molecule has 360 valence electrons. The molecule has 0 bridgehead atoms. The Bertz CT molecular complexity index is 2280. The Morgan fingerprint density at radius 1 is 0.621 bits per heavy atom. The number of carbonyl (C=O) groups excluding carboxylic acids is 4. The van der Waals surface area contributed by atoms with Gasteiger partial charge in [-0.1, -0.05) is 12.8 Å². The molecule has 0 radical (unpaired) electrons. The van der Waals surface area contributed by atoms with Crippen molar-refractivity contribution in [2.75, 3.05) is 38.4 Å². The summed E-state index contributed by atoms with van der Waals surface area (Å²) in [5.41, 5.74) is 4.82. The first kappa shape index (κ1) is 51.1. The number of imide groups is 1. The summed E-state index contributed by atoms with van der Waals surface area (Å²) in [7, 11) is 2.94. The predicted molar refractivity (Wildman–Crippen MR) is 238 cm³/mol. The highest BCUT2D eigenvalue weighted by Gasteiger charge is 2.36. The van der Waals surface area contributed by atoms with Crippen LogP contribution >= 0.6 is 0 Å². The lowest BCUT2D eigenvalue weighted by Gasteiger charge is -2.28. The van der Waals surface area contributed by atoms with E-state index in [9.17, 15) is 19.2 Å². The second kappa shape index (κ2) is 23.1. The quantitative estimate of drug-likeness (QED) is 0.0937. The summed E-state index contributed by atoms with van der Waals surface area (Å²) < 4.78 is 43.5. The normalized spacial score (nSPS) is 15.8. The highest BCUT2D eigenvalue weighted by Crippen LogP contribution is 2.31. The van der Waals surface area contributed by atoms with Crippen molar-refractivity contribution in [3.8, 4) is 11.8 Å². The van der Waals surface area contributed by atoms with Crippen molar-refractivity contribution in [2.24, 2.45) is 0 Å². The summed E-state index contributed by atoms with van der Waals surface area (Å²) in [6.07, 6.45) is 8.85. The summed E-state index contributed by atoms with van der Waals surface area (Å²) in [6, 6.07) is 0. The molecule has 4 heterocycles. The van der Waals surface area contributed by atoms with Crippen LogP contribution in [-0.4, -0.2) is 127 Å². The van der Waals surface area contributed by atoms with Gasteiger partial charge in [-0.25, -0.2) is 29.5 Å². The highest BCUT2D eigenvalue weighted by molar-refractivity contribution is 6.08. The first-order valence-corrected chi connectivity index (χ1v) is 22.0. The molecule has 2 aliphatic rings. The van der Waals surface area contributed by atoms with Gasteiger partial charge in [-0.2, -0.15) is 19.9 Å². The molecule has 22 heteroatoms. The number of ether oxygens (including phenoxy) is 8. The van der Waals surface area contributed by atoms with Gasteiger partial charge in [0.05, 0.1) is 12.4 Å². The van der Waals surface area contributed by atoms with Crippen LogP contribution < -0.4 is 20.1 Å². The van der Waals surface area contributed by atoms with Crippen LogP contribution in [0.3, 0.4) is 0 Å². The molecule has 0 aromatic carbocycles. The van der Waals surface area contributed by atoms with Crippen LogP contribution in [0.25, 0.3) is 22.3 Å². The second-order valence-electron chi connectivity index (χ2n) is 17.8. The van der Waals surface area contributed by atoms with E-state index in [-0.39, 0.29) is 77.8 Å². The number of rotatable bonds is 15. The van der Waals surface area contributed by atoms with Crippen molar-refractivity contribution in [3.05, 3.63) is 23.8 Å². The summed E-state index contributed by atoms with van der Waals surface area (Å²) in [5.74, 6) is -0.774. The van der Waals surface area contributed by atoms with Gasteiger partial charge in [-0.3, -0.25) is 9.59 Å². The molecule has 4 aromatic rings. The maximum Gasteiger partial charge on any atom is 0.427 e. The first-order valence-electron chi connectivity index (χ1n) is 22.0. The minimum atomic E-state index is -1.03. The molecule has 2 fully saturated rings. The van der Waals surface area contributed by atoms with Crippen LogP contribution in [0, 0.1) is 0 Å². The van der Waals surface area contributed by atoms with Gasteiger partial charge in [0, 0.05) is 14.2 Å². The number of carbonyl (C=O) groups is 4. The Balaban J connectivity index is 0.000000270. The summed E-state index contributed by atoms with van der Waals surface area (Å²) in [5, 5.41) is 0. The standard InChI is InChI=1S/C27H39N5O8.C17H23N5O4/c1-16(37-15-36-8)20(33)18-14-28-21-19(29-18)22(38-17-12-10-9-11-13-17)31-23(30-21)32(24(34)39-26(2,3)4)25(35)40-27(5,6)7;1-10(25-9-24-2)14(23)12-8-19-15-13(20-12)16(22-17(18)21-15)26-11-6-4-3-5-7-11/h14,16-17H,9-13,15H2,1-8H3;8,10-11H,3-7,9H2,1-2H3,(H2,18,19,21,22)/t16-;10-/m00/s1. The van der Waals surface area contributed by atoms with E-state index in [1.165, 1.54) is 33.0 Å². The smallest absolute Gasteiger partial charge is 0.427 e. The van der Waals surface area contributed by atoms with E-state index in [4.69, 9.17) is 43.6 Å². The number of ketones is 2. The molecule has 22 nitrogen and oxygen atoms in total. The van der Waals surface area contributed by atoms with Crippen molar-refractivity contribution >= 4 is 58.0 Å². The number of nitrogens with two attached hydrogens (primary N) is 1. The number of nitrogens with zero attached hydrogens (tertiary/aromatic N) is 9. The molecule has 2 aliphatic carbocycles. The van der Waals surface area contributed by atoms with Gasteiger partial charge in [0.25, 0.3) is 0 Å².